The predicted octanol–water partition coefficient (Wildman–Crippen LogP) is 10.0. The van der Waals surface area contributed by atoms with Gasteiger partial charge in [0.1, 0.15) is 17.7 Å². The van der Waals surface area contributed by atoms with Gasteiger partial charge in [-0.2, -0.15) is 10.5 Å². The number of aryl methyl sites for hydroxylation is 1. The predicted molar refractivity (Wildman–Crippen MR) is 184 cm³/mol. The van der Waals surface area contributed by atoms with Crippen molar-refractivity contribution >= 4 is 49.2 Å². The van der Waals surface area contributed by atoms with Gasteiger partial charge in [0, 0.05) is 38.5 Å². The maximum Gasteiger partial charge on any atom is 0.138 e. The summed E-state index contributed by atoms with van der Waals surface area (Å²) >= 11 is 0. The first-order valence-electron chi connectivity index (χ1n) is 14.9. The lowest BCUT2D eigenvalue weighted by Crippen LogP contribution is -2.02. The van der Waals surface area contributed by atoms with Gasteiger partial charge in [0.25, 0.3) is 0 Å². The highest BCUT2D eigenvalue weighted by Gasteiger charge is 2.20. The molecule has 0 saturated heterocycles. The number of nitriles is 2. The average molecular weight is 575 g/mol. The molecule has 0 saturated carbocycles. The van der Waals surface area contributed by atoms with Crippen LogP contribution in [0.1, 0.15) is 16.7 Å². The zero-order valence-corrected chi connectivity index (χ0v) is 24.6. The second-order valence-corrected chi connectivity index (χ2v) is 11.3. The molecule has 0 aliphatic rings. The molecule has 45 heavy (non-hydrogen) atoms. The SMILES string of the molecule is Cc1ccc(C(=C(C#N)C#N)c2cc(-n3c4ccccc4c4ccccc43)cc(-n3c4ccccc4c4ccccc43)c2)cc1. The van der Waals surface area contributed by atoms with E-state index in [1.54, 1.807) is 0 Å². The molecule has 6 aromatic carbocycles. The molecule has 0 fully saturated rings. The molecule has 0 aliphatic carbocycles. The molecule has 0 unspecified atom stereocenters. The summed E-state index contributed by atoms with van der Waals surface area (Å²) in [6.45, 7) is 2.03. The van der Waals surface area contributed by atoms with E-state index < -0.39 is 0 Å². The number of fused-ring (bicyclic) bond motifs is 6. The fourth-order valence-corrected chi connectivity index (χ4v) is 6.71. The monoisotopic (exact) mass is 574 g/mol. The average Bonchev–Trinajstić information content (AvgIpc) is 3.61. The van der Waals surface area contributed by atoms with Crippen molar-refractivity contribution in [3.8, 4) is 23.5 Å². The third kappa shape index (κ3) is 4.13. The summed E-state index contributed by atoms with van der Waals surface area (Å²) in [7, 11) is 0. The number of benzene rings is 6. The molecule has 0 radical (unpaired) electrons. The highest BCUT2D eigenvalue weighted by Crippen LogP contribution is 2.38. The molecule has 0 aliphatic heterocycles. The van der Waals surface area contributed by atoms with E-state index in [4.69, 9.17) is 0 Å². The first-order chi connectivity index (χ1) is 22.2. The van der Waals surface area contributed by atoms with Crippen molar-refractivity contribution in [2.75, 3.05) is 0 Å². The largest absolute Gasteiger partial charge is 0.309 e. The van der Waals surface area contributed by atoms with Gasteiger partial charge < -0.3 is 9.13 Å². The zero-order valence-electron chi connectivity index (χ0n) is 24.6. The Balaban J connectivity index is 1.53. The summed E-state index contributed by atoms with van der Waals surface area (Å²) < 4.78 is 4.58. The molecule has 0 spiro atoms. The van der Waals surface area contributed by atoms with Gasteiger partial charge in [-0.3, -0.25) is 0 Å². The van der Waals surface area contributed by atoms with Crippen LogP contribution in [-0.4, -0.2) is 9.13 Å². The Morgan fingerprint density at radius 2 is 0.844 bits per heavy atom. The molecular weight excluding hydrogens is 548 g/mol. The molecule has 8 aromatic rings. The number of hydrogen-bond donors (Lipinski definition) is 0. The van der Waals surface area contributed by atoms with Gasteiger partial charge >= 0.3 is 0 Å². The number of rotatable bonds is 4. The minimum atomic E-state index is 0.0754. The first kappa shape index (κ1) is 26.3. The van der Waals surface area contributed by atoms with E-state index in [1.807, 2.05) is 31.2 Å². The smallest absolute Gasteiger partial charge is 0.138 e. The van der Waals surface area contributed by atoms with Crippen LogP contribution < -0.4 is 0 Å². The molecular formula is C41H26N4. The second kappa shape index (κ2) is 10.4. The summed E-state index contributed by atoms with van der Waals surface area (Å²) in [6.07, 6.45) is 0. The van der Waals surface area contributed by atoms with E-state index >= 15 is 0 Å². The summed E-state index contributed by atoms with van der Waals surface area (Å²) in [4.78, 5) is 0. The quantitative estimate of drug-likeness (QED) is 0.196. The molecule has 2 aromatic heterocycles. The van der Waals surface area contributed by atoms with Crippen molar-refractivity contribution in [2.45, 2.75) is 6.92 Å². The van der Waals surface area contributed by atoms with E-state index in [0.29, 0.717) is 5.57 Å². The van der Waals surface area contributed by atoms with Crippen molar-refractivity contribution in [3.63, 3.8) is 0 Å². The molecule has 4 heteroatoms. The van der Waals surface area contributed by atoms with Crippen LogP contribution in [0.2, 0.25) is 0 Å². The minimum absolute atomic E-state index is 0.0754. The van der Waals surface area contributed by atoms with Gasteiger partial charge in [-0.05, 0) is 60.5 Å². The van der Waals surface area contributed by atoms with Crippen molar-refractivity contribution in [3.05, 3.63) is 162 Å². The number of allylic oxidation sites excluding steroid dienone is 1. The van der Waals surface area contributed by atoms with Crippen LogP contribution in [0.15, 0.2) is 145 Å². The molecule has 210 valence electrons. The highest BCUT2D eigenvalue weighted by atomic mass is 15.0. The Morgan fingerprint density at radius 1 is 0.467 bits per heavy atom. The number of aromatic nitrogens is 2. The standard InChI is InChI=1S/C41H26N4/c1-27-18-20-28(21-19-27)41(30(25-42)26-43)29-22-31(44-37-14-6-2-10-33(37)34-11-3-7-15-38(34)44)24-32(23-29)45-39-16-8-4-12-35(39)36-13-5-9-17-40(36)45/h2-24H,1H3. The summed E-state index contributed by atoms with van der Waals surface area (Å²) in [5.74, 6) is 0. The normalized spacial score (nSPS) is 11.2. The van der Waals surface area contributed by atoms with E-state index in [0.717, 1.165) is 50.1 Å². The van der Waals surface area contributed by atoms with E-state index in [2.05, 4.69) is 137 Å². The van der Waals surface area contributed by atoms with E-state index in [1.165, 1.54) is 21.5 Å². The molecule has 0 N–H and O–H groups in total. The topological polar surface area (TPSA) is 57.4 Å². The van der Waals surface area contributed by atoms with E-state index in [-0.39, 0.29) is 5.57 Å². The minimum Gasteiger partial charge on any atom is -0.309 e. The maximum absolute atomic E-state index is 10.2. The van der Waals surface area contributed by atoms with E-state index in [9.17, 15) is 10.5 Å². The van der Waals surface area contributed by atoms with Crippen LogP contribution in [0.4, 0.5) is 0 Å². The lowest BCUT2D eigenvalue weighted by atomic mass is 9.92. The second-order valence-electron chi connectivity index (χ2n) is 11.3. The van der Waals surface area contributed by atoms with Crippen LogP contribution in [0.5, 0.6) is 0 Å². The number of hydrogen-bond acceptors (Lipinski definition) is 2. The maximum atomic E-state index is 10.2. The van der Waals surface area contributed by atoms with Crippen LogP contribution in [0.25, 0.3) is 60.6 Å². The zero-order chi connectivity index (χ0) is 30.5. The van der Waals surface area contributed by atoms with Gasteiger partial charge in [0.05, 0.1) is 22.1 Å². The molecule has 8 rings (SSSR count). The van der Waals surface area contributed by atoms with Gasteiger partial charge in [-0.1, -0.05) is 103 Å². The van der Waals surface area contributed by atoms with Crippen LogP contribution >= 0.6 is 0 Å². The molecule has 0 atom stereocenters. The molecule has 0 bridgehead atoms. The Hall–Kier alpha value is -6.36. The van der Waals surface area contributed by atoms with Crippen LogP contribution in [0, 0.1) is 29.6 Å². The fourth-order valence-electron chi connectivity index (χ4n) is 6.71. The first-order valence-corrected chi connectivity index (χ1v) is 14.9. The Kier molecular flexibility index (Phi) is 6.09. The van der Waals surface area contributed by atoms with Gasteiger partial charge in [-0.25, -0.2) is 0 Å². The highest BCUT2D eigenvalue weighted by molar-refractivity contribution is 6.10. The van der Waals surface area contributed by atoms with Gasteiger partial charge in [0.2, 0.25) is 0 Å². The van der Waals surface area contributed by atoms with Crippen molar-refractivity contribution in [1.29, 1.82) is 10.5 Å². The van der Waals surface area contributed by atoms with Gasteiger partial charge in [-0.15, -0.1) is 0 Å². The molecule has 2 heterocycles. The summed E-state index contributed by atoms with van der Waals surface area (Å²) in [5.41, 5.74) is 9.67. The molecule has 4 nitrogen and oxygen atoms in total. The third-order valence-electron chi connectivity index (χ3n) is 8.68. The van der Waals surface area contributed by atoms with Crippen LogP contribution in [0.3, 0.4) is 0 Å². The summed E-state index contributed by atoms with van der Waals surface area (Å²) in [5, 5.41) is 25.1. The van der Waals surface area contributed by atoms with Crippen molar-refractivity contribution in [2.24, 2.45) is 0 Å². The fraction of sp³-hybridized carbons (Fsp3) is 0.0244. The number of para-hydroxylation sites is 4. The van der Waals surface area contributed by atoms with Crippen molar-refractivity contribution in [1.82, 2.24) is 9.13 Å². The summed E-state index contributed by atoms with van der Waals surface area (Å²) in [6, 6.07) is 52.6. The lowest BCUT2D eigenvalue weighted by molar-refractivity contribution is 1.13. The van der Waals surface area contributed by atoms with Crippen LogP contribution in [-0.2, 0) is 0 Å². The Morgan fingerprint density at radius 3 is 1.22 bits per heavy atom. The van der Waals surface area contributed by atoms with Gasteiger partial charge in [0.15, 0.2) is 0 Å². The van der Waals surface area contributed by atoms with Crippen molar-refractivity contribution < 1.29 is 0 Å². The Bertz CT molecular complexity index is 2310. The molecule has 0 amide bonds. The number of nitrogens with zero attached hydrogens (tertiary/aromatic N) is 4. The third-order valence-corrected chi connectivity index (χ3v) is 8.68. The Labute approximate surface area is 260 Å². The lowest BCUT2D eigenvalue weighted by Gasteiger charge is -2.17.